The first kappa shape index (κ1) is 8.27. The third kappa shape index (κ3) is 1.60. The maximum atomic E-state index is 12.7. The van der Waals surface area contributed by atoms with Gasteiger partial charge >= 0.3 is 0 Å². The highest BCUT2D eigenvalue weighted by atomic mass is 35.5. The molecule has 0 radical (unpaired) electrons. The average Bonchev–Trinajstić information content (AvgIpc) is 1.97. The second-order valence-electron chi connectivity index (χ2n) is 1.90. The van der Waals surface area contributed by atoms with Crippen molar-refractivity contribution >= 4 is 11.6 Å². The molecule has 1 aromatic rings. The van der Waals surface area contributed by atoms with Crippen LogP contribution in [-0.4, -0.2) is 7.11 Å². The van der Waals surface area contributed by atoms with Gasteiger partial charge < -0.3 is 4.74 Å². The molecule has 0 unspecified atom stereocenters. The molecule has 0 amide bonds. The van der Waals surface area contributed by atoms with E-state index in [2.05, 4.69) is 4.74 Å². The van der Waals surface area contributed by atoms with Crippen molar-refractivity contribution in [3.05, 3.63) is 28.8 Å². The molecule has 0 spiro atoms. The van der Waals surface area contributed by atoms with E-state index >= 15 is 0 Å². The Bertz CT molecular complexity index is 275. The molecule has 0 aliphatic heterocycles. The van der Waals surface area contributed by atoms with Gasteiger partial charge in [0.2, 0.25) is 0 Å². The highest BCUT2D eigenvalue weighted by Gasteiger charge is 2.07. The summed E-state index contributed by atoms with van der Waals surface area (Å²) >= 11 is 5.27. The molecule has 0 atom stereocenters. The molecule has 0 aliphatic rings. The molecule has 1 aromatic carbocycles. The van der Waals surface area contributed by atoms with E-state index < -0.39 is 11.6 Å². The fraction of sp³-hybridized carbons (Fsp3) is 0.143. The molecular weight excluding hydrogens is 174 g/mol. The number of hydrogen-bond donors (Lipinski definition) is 0. The molecule has 0 aromatic heterocycles. The number of hydrogen-bond acceptors (Lipinski definition) is 1. The molecule has 4 heteroatoms. The molecule has 1 nitrogen and oxygen atoms in total. The third-order valence-electron chi connectivity index (χ3n) is 1.19. The van der Waals surface area contributed by atoms with Crippen molar-refractivity contribution < 1.29 is 13.5 Å². The molecule has 0 aliphatic carbocycles. The Morgan fingerprint density at radius 1 is 1.27 bits per heavy atom. The first-order valence-corrected chi connectivity index (χ1v) is 3.21. The summed E-state index contributed by atoms with van der Waals surface area (Å²) in [5.41, 5.74) is 0. The largest absolute Gasteiger partial charge is 0.494 e. The molecule has 0 fully saturated rings. The molecule has 0 heterocycles. The lowest BCUT2D eigenvalue weighted by Gasteiger charge is -2.01. The SMILES string of the molecule is COc1cc(F)c(Cl)cc1F. The van der Waals surface area contributed by atoms with E-state index in [1.54, 1.807) is 0 Å². The monoisotopic (exact) mass is 178 g/mol. The van der Waals surface area contributed by atoms with E-state index in [1.165, 1.54) is 7.11 Å². The summed E-state index contributed by atoms with van der Waals surface area (Å²) in [5.74, 6) is -1.50. The second kappa shape index (κ2) is 3.05. The fourth-order valence-corrected chi connectivity index (χ4v) is 0.811. The van der Waals surface area contributed by atoms with Crippen LogP contribution in [-0.2, 0) is 0 Å². The van der Waals surface area contributed by atoms with E-state index in [1.807, 2.05) is 0 Å². The predicted octanol–water partition coefficient (Wildman–Crippen LogP) is 2.63. The smallest absolute Gasteiger partial charge is 0.166 e. The van der Waals surface area contributed by atoms with E-state index in [9.17, 15) is 8.78 Å². The Balaban J connectivity index is 3.21. The summed E-state index contributed by atoms with van der Waals surface area (Å²) < 4.78 is 29.7. The number of ether oxygens (including phenoxy) is 1. The minimum Gasteiger partial charge on any atom is -0.494 e. The van der Waals surface area contributed by atoms with Gasteiger partial charge in [-0.05, 0) is 6.07 Å². The molecule has 0 bridgehead atoms. The minimum absolute atomic E-state index is 0.146. The Morgan fingerprint density at radius 2 is 1.91 bits per heavy atom. The van der Waals surface area contributed by atoms with Crippen molar-refractivity contribution in [1.29, 1.82) is 0 Å². The highest BCUT2D eigenvalue weighted by molar-refractivity contribution is 6.30. The van der Waals surface area contributed by atoms with Crippen LogP contribution >= 0.6 is 11.6 Å². The van der Waals surface area contributed by atoms with Gasteiger partial charge in [-0.15, -0.1) is 0 Å². The highest BCUT2D eigenvalue weighted by Crippen LogP contribution is 2.23. The second-order valence-corrected chi connectivity index (χ2v) is 2.31. The van der Waals surface area contributed by atoms with Gasteiger partial charge in [-0.1, -0.05) is 11.6 Å². The minimum atomic E-state index is -0.690. The topological polar surface area (TPSA) is 9.23 Å². The van der Waals surface area contributed by atoms with Gasteiger partial charge in [0.1, 0.15) is 5.82 Å². The van der Waals surface area contributed by atoms with Gasteiger partial charge in [0.25, 0.3) is 0 Å². The predicted molar refractivity (Wildman–Crippen MR) is 37.9 cm³/mol. The molecule has 0 saturated heterocycles. The van der Waals surface area contributed by atoms with Gasteiger partial charge in [0.15, 0.2) is 11.6 Å². The first-order chi connectivity index (χ1) is 5.15. The van der Waals surface area contributed by atoms with E-state index in [-0.39, 0.29) is 10.8 Å². The number of halogens is 3. The Labute approximate surface area is 67.5 Å². The molecule has 60 valence electrons. The number of methoxy groups -OCH3 is 1. The van der Waals surface area contributed by atoms with Crippen molar-refractivity contribution in [3.63, 3.8) is 0 Å². The fourth-order valence-electron chi connectivity index (χ4n) is 0.661. The Hall–Kier alpha value is -0.830. The van der Waals surface area contributed by atoms with Gasteiger partial charge in [-0.25, -0.2) is 8.78 Å². The van der Waals surface area contributed by atoms with Crippen LogP contribution in [0.4, 0.5) is 8.78 Å². The summed E-state index contributed by atoms with van der Waals surface area (Å²) in [5, 5.41) is -0.247. The zero-order chi connectivity index (χ0) is 8.43. The van der Waals surface area contributed by atoms with Crippen LogP contribution in [0.5, 0.6) is 5.75 Å². The zero-order valence-electron chi connectivity index (χ0n) is 5.70. The molecular formula is C7H5ClF2O. The maximum absolute atomic E-state index is 12.7. The van der Waals surface area contributed by atoms with Crippen molar-refractivity contribution in [2.45, 2.75) is 0 Å². The Kier molecular flexibility index (Phi) is 2.29. The van der Waals surface area contributed by atoms with E-state index in [0.29, 0.717) is 0 Å². The molecule has 0 N–H and O–H groups in total. The normalized spacial score (nSPS) is 9.82. The molecule has 1 rings (SSSR count). The molecule has 11 heavy (non-hydrogen) atoms. The molecule has 0 saturated carbocycles. The van der Waals surface area contributed by atoms with Crippen LogP contribution in [0, 0.1) is 11.6 Å². The maximum Gasteiger partial charge on any atom is 0.166 e. The van der Waals surface area contributed by atoms with Crippen LogP contribution in [0.1, 0.15) is 0 Å². The standard InChI is InChI=1S/C7H5ClF2O/c1-11-7-3-5(9)4(8)2-6(7)10/h2-3H,1H3. The van der Waals surface area contributed by atoms with Crippen LogP contribution in [0.2, 0.25) is 5.02 Å². The van der Waals surface area contributed by atoms with Crippen molar-refractivity contribution in [2.24, 2.45) is 0 Å². The van der Waals surface area contributed by atoms with Crippen LogP contribution in [0.15, 0.2) is 12.1 Å². The lowest BCUT2D eigenvalue weighted by atomic mass is 10.3. The number of rotatable bonds is 1. The lowest BCUT2D eigenvalue weighted by molar-refractivity contribution is 0.383. The van der Waals surface area contributed by atoms with Crippen LogP contribution in [0.25, 0.3) is 0 Å². The summed E-state index contributed by atoms with van der Waals surface area (Å²) in [4.78, 5) is 0. The lowest BCUT2D eigenvalue weighted by Crippen LogP contribution is -1.89. The van der Waals surface area contributed by atoms with Gasteiger partial charge in [-0.3, -0.25) is 0 Å². The quantitative estimate of drug-likeness (QED) is 0.601. The van der Waals surface area contributed by atoms with Gasteiger partial charge in [0, 0.05) is 6.07 Å². The number of benzene rings is 1. The van der Waals surface area contributed by atoms with E-state index in [4.69, 9.17) is 11.6 Å². The van der Waals surface area contributed by atoms with Crippen LogP contribution in [0.3, 0.4) is 0 Å². The van der Waals surface area contributed by atoms with Crippen molar-refractivity contribution in [3.8, 4) is 5.75 Å². The summed E-state index contributed by atoms with van der Waals surface area (Å²) in [6.07, 6.45) is 0. The zero-order valence-corrected chi connectivity index (χ0v) is 6.45. The van der Waals surface area contributed by atoms with Crippen molar-refractivity contribution in [2.75, 3.05) is 7.11 Å². The third-order valence-corrected chi connectivity index (χ3v) is 1.48. The van der Waals surface area contributed by atoms with E-state index in [0.717, 1.165) is 12.1 Å². The van der Waals surface area contributed by atoms with Gasteiger partial charge in [0.05, 0.1) is 12.1 Å². The van der Waals surface area contributed by atoms with Gasteiger partial charge in [-0.2, -0.15) is 0 Å². The Morgan fingerprint density at radius 3 is 2.45 bits per heavy atom. The summed E-state index contributed by atoms with van der Waals surface area (Å²) in [6.45, 7) is 0. The van der Waals surface area contributed by atoms with Crippen LogP contribution < -0.4 is 4.74 Å². The first-order valence-electron chi connectivity index (χ1n) is 2.83. The summed E-state index contributed by atoms with van der Waals surface area (Å²) in [6, 6.07) is 1.77. The average molecular weight is 179 g/mol. The summed E-state index contributed by atoms with van der Waals surface area (Å²) in [7, 11) is 1.26. The van der Waals surface area contributed by atoms with Crippen molar-refractivity contribution in [1.82, 2.24) is 0 Å².